The van der Waals surface area contributed by atoms with Crippen LogP contribution in [0.25, 0.3) is 10.8 Å². The van der Waals surface area contributed by atoms with Crippen LogP contribution < -0.4 is 10.1 Å². The number of nitrogens with one attached hydrogen (secondary N) is 1. The zero-order valence-electron chi connectivity index (χ0n) is 18.0. The maximum atomic E-state index is 13.1. The van der Waals surface area contributed by atoms with Crippen molar-refractivity contribution in [3.05, 3.63) is 72.3 Å². The number of nitrogens with zero attached hydrogens (tertiary/aromatic N) is 1. The molecule has 160 valence electrons. The number of benzene rings is 3. The van der Waals surface area contributed by atoms with Gasteiger partial charge < -0.3 is 15.0 Å². The number of methoxy groups -OCH3 is 1. The van der Waals surface area contributed by atoms with Crippen LogP contribution in [-0.2, 0) is 9.59 Å². The average molecular weight is 417 g/mol. The number of ether oxygens (including phenoxy) is 1. The monoisotopic (exact) mass is 416 g/mol. The molecular weight excluding hydrogens is 388 g/mol. The number of para-hydroxylation sites is 1. The van der Waals surface area contributed by atoms with Gasteiger partial charge in [-0.2, -0.15) is 0 Å². The fourth-order valence-electron chi connectivity index (χ4n) is 4.18. The van der Waals surface area contributed by atoms with Crippen molar-refractivity contribution in [3.8, 4) is 5.75 Å². The molecule has 0 aliphatic carbocycles. The van der Waals surface area contributed by atoms with Crippen molar-refractivity contribution in [2.24, 2.45) is 5.92 Å². The van der Waals surface area contributed by atoms with Gasteiger partial charge in [0.2, 0.25) is 11.8 Å². The topological polar surface area (TPSA) is 58.6 Å². The molecule has 1 atom stereocenters. The van der Waals surface area contributed by atoms with Crippen LogP contribution in [0.15, 0.2) is 66.7 Å². The first-order valence-electron chi connectivity index (χ1n) is 10.8. The third-order valence-electron chi connectivity index (χ3n) is 6.16. The summed E-state index contributed by atoms with van der Waals surface area (Å²) in [5, 5.41) is 5.16. The largest absolute Gasteiger partial charge is 0.497 e. The average Bonchev–Trinajstić information content (AvgIpc) is 2.83. The second-order valence-electron chi connectivity index (χ2n) is 8.15. The third kappa shape index (κ3) is 4.71. The van der Waals surface area contributed by atoms with Gasteiger partial charge in [-0.05, 0) is 60.4 Å². The number of hydrogen-bond donors (Lipinski definition) is 1. The minimum atomic E-state index is -0.221. The van der Waals surface area contributed by atoms with Crippen LogP contribution in [0.1, 0.15) is 31.2 Å². The Kier molecular flexibility index (Phi) is 6.21. The van der Waals surface area contributed by atoms with Crippen LogP contribution in [0.3, 0.4) is 0 Å². The molecule has 1 fully saturated rings. The van der Waals surface area contributed by atoms with Crippen molar-refractivity contribution in [2.45, 2.75) is 25.7 Å². The number of likely N-dealkylation sites (tertiary alicyclic amines) is 1. The van der Waals surface area contributed by atoms with Crippen LogP contribution in [-0.4, -0.2) is 36.9 Å². The standard InChI is InChI=1S/C26H28N2O3/c1-18(20-8-9-22-17-24(31-2)11-10-21(22)16-20)26(30)28-14-12-19(13-15-28)25(29)27-23-6-4-3-5-7-23/h3-11,16-19H,12-15H2,1-2H3,(H,27,29)/t18-/m0/s1. The highest BCUT2D eigenvalue weighted by atomic mass is 16.5. The summed E-state index contributed by atoms with van der Waals surface area (Å²) in [7, 11) is 1.66. The van der Waals surface area contributed by atoms with Gasteiger partial charge in [0.1, 0.15) is 5.75 Å². The molecule has 31 heavy (non-hydrogen) atoms. The van der Waals surface area contributed by atoms with Crippen molar-refractivity contribution in [1.82, 2.24) is 4.90 Å². The van der Waals surface area contributed by atoms with E-state index in [-0.39, 0.29) is 23.7 Å². The second kappa shape index (κ2) is 9.21. The second-order valence-corrected chi connectivity index (χ2v) is 8.15. The van der Waals surface area contributed by atoms with E-state index in [2.05, 4.69) is 11.4 Å². The van der Waals surface area contributed by atoms with Crippen molar-refractivity contribution < 1.29 is 14.3 Å². The number of fused-ring (bicyclic) bond motifs is 1. The van der Waals surface area contributed by atoms with Crippen molar-refractivity contribution in [3.63, 3.8) is 0 Å². The maximum Gasteiger partial charge on any atom is 0.229 e. The molecule has 0 aromatic heterocycles. The van der Waals surface area contributed by atoms with Crippen LogP contribution in [0.4, 0.5) is 5.69 Å². The van der Waals surface area contributed by atoms with Crippen molar-refractivity contribution in [1.29, 1.82) is 0 Å². The molecule has 1 N–H and O–H groups in total. The van der Waals surface area contributed by atoms with Gasteiger partial charge in [-0.25, -0.2) is 0 Å². The number of carbonyl (C=O) groups is 2. The Labute approximate surface area is 183 Å². The van der Waals surface area contributed by atoms with E-state index in [1.165, 1.54) is 0 Å². The van der Waals surface area contributed by atoms with Crippen molar-refractivity contribution in [2.75, 3.05) is 25.5 Å². The molecule has 1 heterocycles. The predicted molar refractivity (Wildman–Crippen MR) is 123 cm³/mol. The molecule has 0 spiro atoms. The highest BCUT2D eigenvalue weighted by Gasteiger charge is 2.30. The quantitative estimate of drug-likeness (QED) is 0.648. The van der Waals surface area contributed by atoms with Crippen molar-refractivity contribution >= 4 is 28.3 Å². The number of piperidine rings is 1. The SMILES string of the molecule is COc1ccc2cc([C@H](C)C(=O)N3CCC(C(=O)Nc4ccccc4)CC3)ccc2c1. The Bertz CT molecular complexity index is 1070. The lowest BCUT2D eigenvalue weighted by Gasteiger charge is -2.33. The van der Waals surface area contributed by atoms with Gasteiger partial charge in [-0.15, -0.1) is 0 Å². The number of rotatable bonds is 5. The lowest BCUT2D eigenvalue weighted by atomic mass is 9.92. The van der Waals surface area contributed by atoms with Gasteiger partial charge in [0.25, 0.3) is 0 Å². The summed E-state index contributed by atoms with van der Waals surface area (Å²) in [6.07, 6.45) is 1.38. The Morgan fingerprint density at radius 2 is 1.65 bits per heavy atom. The Morgan fingerprint density at radius 1 is 0.968 bits per heavy atom. The van der Waals surface area contributed by atoms with Gasteiger partial charge in [0, 0.05) is 24.7 Å². The minimum Gasteiger partial charge on any atom is -0.497 e. The maximum absolute atomic E-state index is 13.1. The van der Waals surface area contributed by atoms with E-state index in [1.54, 1.807) is 7.11 Å². The molecule has 0 unspecified atom stereocenters. The first kappa shape index (κ1) is 20.9. The Hall–Kier alpha value is -3.34. The van der Waals surface area contributed by atoms with Gasteiger partial charge in [0.15, 0.2) is 0 Å². The third-order valence-corrected chi connectivity index (χ3v) is 6.16. The van der Waals surface area contributed by atoms with Gasteiger partial charge in [0.05, 0.1) is 13.0 Å². The molecule has 5 nitrogen and oxygen atoms in total. The normalized spacial score (nSPS) is 15.5. The molecule has 3 aromatic rings. The van der Waals surface area contributed by atoms with Gasteiger partial charge in [-0.3, -0.25) is 9.59 Å². The zero-order valence-corrected chi connectivity index (χ0v) is 18.0. The summed E-state index contributed by atoms with van der Waals surface area (Å²) in [6, 6.07) is 21.6. The molecule has 4 rings (SSSR count). The summed E-state index contributed by atoms with van der Waals surface area (Å²) in [4.78, 5) is 27.6. The first-order valence-corrected chi connectivity index (χ1v) is 10.8. The lowest BCUT2D eigenvalue weighted by Crippen LogP contribution is -2.43. The molecule has 5 heteroatoms. The van der Waals surface area contributed by atoms with Crippen LogP contribution in [0.2, 0.25) is 0 Å². The van der Waals surface area contributed by atoms with E-state index in [9.17, 15) is 9.59 Å². The molecule has 1 aliphatic heterocycles. The summed E-state index contributed by atoms with van der Waals surface area (Å²) >= 11 is 0. The summed E-state index contributed by atoms with van der Waals surface area (Å²) < 4.78 is 5.29. The first-order chi connectivity index (χ1) is 15.0. The molecule has 2 amide bonds. The molecule has 0 saturated carbocycles. The smallest absolute Gasteiger partial charge is 0.229 e. The highest BCUT2D eigenvalue weighted by molar-refractivity contribution is 5.93. The van der Waals surface area contributed by atoms with Gasteiger partial charge in [-0.1, -0.05) is 42.5 Å². The number of anilines is 1. The van der Waals surface area contributed by atoms with E-state index in [0.29, 0.717) is 25.9 Å². The van der Waals surface area contributed by atoms with Crippen LogP contribution in [0.5, 0.6) is 5.75 Å². The molecule has 1 aliphatic rings. The summed E-state index contributed by atoms with van der Waals surface area (Å²) in [6.45, 7) is 3.18. The molecule has 0 radical (unpaired) electrons. The Morgan fingerprint density at radius 3 is 2.35 bits per heavy atom. The number of hydrogen-bond acceptors (Lipinski definition) is 3. The summed E-state index contributed by atoms with van der Waals surface area (Å²) in [5.74, 6) is 0.700. The summed E-state index contributed by atoms with van der Waals surface area (Å²) in [5.41, 5.74) is 1.82. The Balaban J connectivity index is 1.36. The lowest BCUT2D eigenvalue weighted by molar-refractivity contribution is -0.135. The number of amides is 2. The molecule has 1 saturated heterocycles. The minimum absolute atomic E-state index is 0.0382. The van der Waals surface area contributed by atoms with E-state index in [1.807, 2.05) is 72.5 Å². The highest BCUT2D eigenvalue weighted by Crippen LogP contribution is 2.28. The van der Waals surface area contributed by atoms with E-state index in [4.69, 9.17) is 4.74 Å². The van der Waals surface area contributed by atoms with Crippen LogP contribution >= 0.6 is 0 Å². The fourth-order valence-corrected chi connectivity index (χ4v) is 4.18. The van der Waals surface area contributed by atoms with E-state index in [0.717, 1.165) is 27.8 Å². The molecule has 0 bridgehead atoms. The molecule has 3 aromatic carbocycles. The zero-order chi connectivity index (χ0) is 21.8. The van der Waals surface area contributed by atoms with Gasteiger partial charge >= 0.3 is 0 Å². The van der Waals surface area contributed by atoms with E-state index < -0.39 is 0 Å². The number of carbonyl (C=O) groups excluding carboxylic acids is 2. The predicted octanol–water partition coefficient (Wildman–Crippen LogP) is 4.83. The van der Waals surface area contributed by atoms with E-state index >= 15 is 0 Å². The van der Waals surface area contributed by atoms with Crippen LogP contribution in [0, 0.1) is 5.92 Å². The fraction of sp³-hybridized carbons (Fsp3) is 0.308. The molecular formula is C26H28N2O3.